The van der Waals surface area contributed by atoms with Gasteiger partial charge in [0.25, 0.3) is 0 Å². The van der Waals surface area contributed by atoms with Crippen LogP contribution in [-0.4, -0.2) is 13.1 Å². The maximum absolute atomic E-state index is 11.5. The first-order valence-corrected chi connectivity index (χ1v) is 5.92. The van der Waals surface area contributed by atoms with Gasteiger partial charge in [-0.25, -0.2) is 0 Å². The van der Waals surface area contributed by atoms with Gasteiger partial charge in [0.2, 0.25) is 0 Å². The lowest BCUT2D eigenvalue weighted by Crippen LogP contribution is -2.23. The highest BCUT2D eigenvalue weighted by molar-refractivity contribution is 6.35. The molecule has 0 saturated heterocycles. The highest BCUT2D eigenvalue weighted by Gasteiger charge is 2.26. The molecule has 0 radical (unpaired) electrons. The minimum absolute atomic E-state index is 0.0629. The lowest BCUT2D eigenvalue weighted by molar-refractivity contribution is -0.145. The maximum atomic E-state index is 11.5. The van der Waals surface area contributed by atoms with E-state index in [9.17, 15) is 4.79 Å². The molecule has 0 spiro atoms. The van der Waals surface area contributed by atoms with Crippen LogP contribution in [0.15, 0.2) is 12.1 Å². The summed E-state index contributed by atoms with van der Waals surface area (Å²) in [5, 5.41) is 1.32. The number of hydrogen-bond acceptors (Lipinski definition) is 2. The predicted molar refractivity (Wildman–Crippen MR) is 64.0 cm³/mol. The van der Waals surface area contributed by atoms with Crippen molar-refractivity contribution in [1.82, 2.24) is 0 Å². The van der Waals surface area contributed by atoms with Crippen LogP contribution in [0.2, 0.25) is 10.0 Å². The Labute approximate surface area is 104 Å². The van der Waals surface area contributed by atoms with Gasteiger partial charge in [0.05, 0.1) is 13.0 Å². The fraction of sp³-hybridized carbons (Fsp3) is 0.417. The second kappa shape index (κ2) is 4.64. The highest BCUT2D eigenvalue weighted by Crippen LogP contribution is 2.33. The highest BCUT2D eigenvalue weighted by atomic mass is 35.5. The summed E-state index contributed by atoms with van der Waals surface area (Å²) >= 11 is 12.1. The number of halogens is 2. The maximum Gasteiger partial charge on any atom is 0.309 e. The lowest BCUT2D eigenvalue weighted by atomic mass is 9.84. The van der Waals surface area contributed by atoms with E-state index >= 15 is 0 Å². The fourth-order valence-corrected chi connectivity index (χ4v) is 2.80. The van der Waals surface area contributed by atoms with Crippen LogP contribution >= 0.6 is 23.2 Å². The van der Waals surface area contributed by atoms with Crippen molar-refractivity contribution >= 4 is 29.2 Å². The average molecular weight is 259 g/mol. The third-order valence-electron chi connectivity index (χ3n) is 3.00. The number of rotatable bonds is 1. The molecular weight excluding hydrogens is 247 g/mol. The van der Waals surface area contributed by atoms with E-state index in [2.05, 4.69) is 0 Å². The topological polar surface area (TPSA) is 26.3 Å². The summed E-state index contributed by atoms with van der Waals surface area (Å²) in [6, 6.07) is 3.64. The Balaban J connectivity index is 2.30. The molecular formula is C12H12Cl2O2. The van der Waals surface area contributed by atoms with Crippen molar-refractivity contribution in [3.8, 4) is 0 Å². The Bertz CT molecular complexity index is 429. The van der Waals surface area contributed by atoms with Crippen molar-refractivity contribution in [3.05, 3.63) is 33.3 Å². The van der Waals surface area contributed by atoms with E-state index in [1.165, 1.54) is 7.11 Å². The summed E-state index contributed by atoms with van der Waals surface area (Å²) in [7, 11) is 1.42. The molecule has 1 atom stereocenters. The summed E-state index contributed by atoms with van der Waals surface area (Å²) in [4.78, 5) is 11.5. The van der Waals surface area contributed by atoms with Gasteiger partial charge in [-0.3, -0.25) is 4.79 Å². The van der Waals surface area contributed by atoms with E-state index in [-0.39, 0.29) is 11.9 Å². The second-order valence-electron chi connectivity index (χ2n) is 3.99. The summed E-state index contributed by atoms with van der Waals surface area (Å²) in [5.41, 5.74) is 2.19. The normalized spacial score (nSPS) is 19.1. The van der Waals surface area contributed by atoms with Crippen molar-refractivity contribution in [2.45, 2.75) is 19.3 Å². The van der Waals surface area contributed by atoms with E-state index in [1.807, 2.05) is 6.07 Å². The molecule has 0 bridgehead atoms. The van der Waals surface area contributed by atoms with Crippen molar-refractivity contribution in [2.24, 2.45) is 5.92 Å². The molecule has 1 aliphatic carbocycles. The SMILES string of the molecule is COC(=O)C1CCc2c(Cl)cc(Cl)cc2C1. The van der Waals surface area contributed by atoms with Gasteiger partial charge in [-0.2, -0.15) is 0 Å². The van der Waals surface area contributed by atoms with E-state index in [0.29, 0.717) is 16.5 Å². The molecule has 1 aliphatic rings. The first kappa shape index (κ1) is 11.7. The largest absolute Gasteiger partial charge is 0.469 e. The van der Waals surface area contributed by atoms with Crippen LogP contribution in [0.3, 0.4) is 0 Å². The van der Waals surface area contributed by atoms with Crippen molar-refractivity contribution < 1.29 is 9.53 Å². The molecule has 0 N–H and O–H groups in total. The summed E-state index contributed by atoms with van der Waals surface area (Å²) in [6.07, 6.45) is 2.27. The van der Waals surface area contributed by atoms with Crippen LogP contribution in [-0.2, 0) is 22.4 Å². The van der Waals surface area contributed by atoms with Gasteiger partial charge in [0, 0.05) is 10.0 Å². The third kappa shape index (κ3) is 2.18. The van der Waals surface area contributed by atoms with Gasteiger partial charge in [0.1, 0.15) is 0 Å². The zero-order chi connectivity index (χ0) is 11.7. The fourth-order valence-electron chi connectivity index (χ4n) is 2.17. The smallest absolute Gasteiger partial charge is 0.309 e. The van der Waals surface area contributed by atoms with Gasteiger partial charge in [-0.05, 0) is 42.5 Å². The quantitative estimate of drug-likeness (QED) is 0.723. The molecule has 2 rings (SSSR count). The van der Waals surface area contributed by atoms with Crippen LogP contribution in [0.1, 0.15) is 17.5 Å². The van der Waals surface area contributed by atoms with Crippen LogP contribution < -0.4 is 0 Å². The first-order valence-electron chi connectivity index (χ1n) is 5.16. The number of ether oxygens (including phenoxy) is 1. The molecule has 0 heterocycles. The number of esters is 1. The van der Waals surface area contributed by atoms with Crippen molar-refractivity contribution in [1.29, 1.82) is 0 Å². The zero-order valence-electron chi connectivity index (χ0n) is 8.93. The summed E-state index contributed by atoms with van der Waals surface area (Å²) < 4.78 is 4.76. The zero-order valence-corrected chi connectivity index (χ0v) is 10.4. The van der Waals surface area contributed by atoms with E-state index in [1.54, 1.807) is 6.07 Å². The van der Waals surface area contributed by atoms with Gasteiger partial charge in [-0.15, -0.1) is 0 Å². The molecule has 2 nitrogen and oxygen atoms in total. The molecule has 1 unspecified atom stereocenters. The molecule has 0 saturated carbocycles. The number of hydrogen-bond donors (Lipinski definition) is 0. The Morgan fingerprint density at radius 1 is 1.44 bits per heavy atom. The van der Waals surface area contributed by atoms with Crippen LogP contribution in [0.4, 0.5) is 0 Å². The molecule has 86 valence electrons. The molecule has 1 aromatic carbocycles. The monoisotopic (exact) mass is 258 g/mol. The van der Waals surface area contributed by atoms with Crippen LogP contribution in [0, 0.1) is 5.92 Å². The average Bonchev–Trinajstić information content (AvgIpc) is 2.27. The van der Waals surface area contributed by atoms with Gasteiger partial charge in [-0.1, -0.05) is 23.2 Å². The molecule has 0 aliphatic heterocycles. The Hall–Kier alpha value is -0.730. The summed E-state index contributed by atoms with van der Waals surface area (Å²) in [6.45, 7) is 0. The van der Waals surface area contributed by atoms with Crippen molar-refractivity contribution in [3.63, 3.8) is 0 Å². The first-order chi connectivity index (χ1) is 7.61. The molecule has 0 aromatic heterocycles. The number of carbonyl (C=O) groups excluding carboxylic acids is 1. The minimum Gasteiger partial charge on any atom is -0.469 e. The molecule has 0 amide bonds. The molecule has 16 heavy (non-hydrogen) atoms. The lowest BCUT2D eigenvalue weighted by Gasteiger charge is -2.23. The second-order valence-corrected chi connectivity index (χ2v) is 4.83. The number of methoxy groups -OCH3 is 1. The predicted octanol–water partition coefficient (Wildman–Crippen LogP) is 3.27. The Kier molecular flexibility index (Phi) is 3.41. The van der Waals surface area contributed by atoms with E-state index < -0.39 is 0 Å². The van der Waals surface area contributed by atoms with Crippen LogP contribution in [0.25, 0.3) is 0 Å². The number of benzene rings is 1. The van der Waals surface area contributed by atoms with Crippen LogP contribution in [0.5, 0.6) is 0 Å². The summed E-state index contributed by atoms with van der Waals surface area (Å²) in [5.74, 6) is -0.214. The van der Waals surface area contributed by atoms with Gasteiger partial charge < -0.3 is 4.74 Å². The molecule has 0 fully saturated rings. The minimum atomic E-state index is -0.151. The van der Waals surface area contributed by atoms with Crippen molar-refractivity contribution in [2.75, 3.05) is 7.11 Å². The number of fused-ring (bicyclic) bond motifs is 1. The Morgan fingerprint density at radius 3 is 2.88 bits per heavy atom. The molecule has 1 aromatic rings. The molecule has 4 heteroatoms. The standard InChI is InChI=1S/C12H12Cl2O2/c1-16-12(15)7-2-3-10-8(4-7)5-9(13)6-11(10)14/h5-7H,2-4H2,1H3. The van der Waals surface area contributed by atoms with Gasteiger partial charge >= 0.3 is 5.97 Å². The number of carbonyl (C=O) groups is 1. The van der Waals surface area contributed by atoms with E-state index in [0.717, 1.165) is 24.0 Å². The van der Waals surface area contributed by atoms with Gasteiger partial charge in [0.15, 0.2) is 0 Å². The Morgan fingerprint density at radius 2 is 2.19 bits per heavy atom. The van der Waals surface area contributed by atoms with E-state index in [4.69, 9.17) is 27.9 Å². The third-order valence-corrected chi connectivity index (χ3v) is 3.55.